The van der Waals surface area contributed by atoms with Gasteiger partial charge >= 0.3 is 0 Å². The van der Waals surface area contributed by atoms with Gasteiger partial charge in [0.2, 0.25) is 0 Å². The van der Waals surface area contributed by atoms with Gasteiger partial charge in [-0.3, -0.25) is 0 Å². The van der Waals surface area contributed by atoms with Crippen LogP contribution in [0.2, 0.25) is 0 Å². The molecular formula is C9H20N2O. The molecule has 3 heteroatoms. The predicted molar refractivity (Wildman–Crippen MR) is 50.1 cm³/mol. The first-order valence-electron chi connectivity index (χ1n) is 4.53. The van der Waals surface area contributed by atoms with Crippen LogP contribution in [0.5, 0.6) is 0 Å². The van der Waals surface area contributed by atoms with Gasteiger partial charge in [0, 0.05) is 24.0 Å². The highest BCUT2D eigenvalue weighted by molar-refractivity contribution is 4.95. The molecule has 1 saturated heterocycles. The number of rotatable bonds is 1. The van der Waals surface area contributed by atoms with Crippen LogP contribution in [0.4, 0.5) is 0 Å². The van der Waals surface area contributed by atoms with Gasteiger partial charge in [-0.05, 0) is 13.8 Å². The molecule has 0 aromatic heterocycles. The molecule has 0 spiro atoms. The van der Waals surface area contributed by atoms with Crippen molar-refractivity contribution >= 4 is 0 Å². The van der Waals surface area contributed by atoms with E-state index in [4.69, 9.17) is 10.5 Å². The van der Waals surface area contributed by atoms with Gasteiger partial charge in [-0.15, -0.1) is 0 Å². The van der Waals surface area contributed by atoms with Crippen LogP contribution in [0.15, 0.2) is 0 Å². The molecule has 1 rings (SSSR count). The minimum Gasteiger partial charge on any atom is -0.379 e. The fraction of sp³-hybridized carbons (Fsp3) is 1.00. The Morgan fingerprint density at radius 3 is 2.75 bits per heavy atom. The lowest BCUT2D eigenvalue weighted by atomic mass is 9.74. The fourth-order valence-corrected chi connectivity index (χ4v) is 1.27. The molecule has 0 aromatic carbocycles. The van der Waals surface area contributed by atoms with Gasteiger partial charge in [0.25, 0.3) is 0 Å². The highest BCUT2D eigenvalue weighted by Gasteiger charge is 2.38. The zero-order valence-corrected chi connectivity index (χ0v) is 8.31. The zero-order valence-electron chi connectivity index (χ0n) is 8.31. The summed E-state index contributed by atoms with van der Waals surface area (Å²) in [5.41, 5.74) is 5.95. The summed E-state index contributed by atoms with van der Waals surface area (Å²) in [6.07, 6.45) is 0. The van der Waals surface area contributed by atoms with Crippen molar-refractivity contribution in [2.75, 3.05) is 26.3 Å². The number of hydrogen-bond acceptors (Lipinski definition) is 3. The third kappa shape index (κ3) is 1.97. The lowest BCUT2D eigenvalue weighted by Crippen LogP contribution is -2.55. The molecular weight excluding hydrogens is 152 g/mol. The van der Waals surface area contributed by atoms with Crippen molar-refractivity contribution < 1.29 is 4.74 Å². The summed E-state index contributed by atoms with van der Waals surface area (Å²) in [4.78, 5) is 0. The van der Waals surface area contributed by atoms with E-state index in [1.165, 1.54) is 0 Å². The molecule has 0 amide bonds. The monoisotopic (exact) mass is 172 g/mol. The number of ether oxygens (including phenoxy) is 1. The van der Waals surface area contributed by atoms with E-state index in [1.54, 1.807) is 0 Å². The fourth-order valence-electron chi connectivity index (χ4n) is 1.27. The molecule has 1 unspecified atom stereocenters. The Morgan fingerprint density at radius 2 is 2.17 bits per heavy atom. The minimum absolute atomic E-state index is 0.0451. The summed E-state index contributed by atoms with van der Waals surface area (Å²) in [5.74, 6) is 0. The average Bonchev–Trinajstić information content (AvgIpc) is 2.12. The standard InChI is InChI=1S/C9H20N2O/c1-8(2,10)9(3)6-11-4-5-12-7-9/h11H,4-7,10H2,1-3H3. The molecule has 0 aliphatic carbocycles. The number of nitrogens with one attached hydrogen (secondary N) is 1. The molecule has 0 saturated carbocycles. The molecule has 1 heterocycles. The lowest BCUT2D eigenvalue weighted by molar-refractivity contribution is 0.0394. The van der Waals surface area contributed by atoms with E-state index in [1.807, 2.05) is 0 Å². The molecule has 0 bridgehead atoms. The zero-order chi connectivity index (χ0) is 9.24. The van der Waals surface area contributed by atoms with Gasteiger partial charge in [-0.1, -0.05) is 6.92 Å². The molecule has 0 radical (unpaired) electrons. The van der Waals surface area contributed by atoms with Crippen molar-refractivity contribution in [3.05, 3.63) is 0 Å². The van der Waals surface area contributed by atoms with E-state index < -0.39 is 0 Å². The molecule has 1 aliphatic rings. The molecule has 12 heavy (non-hydrogen) atoms. The van der Waals surface area contributed by atoms with Crippen molar-refractivity contribution in [3.63, 3.8) is 0 Å². The minimum atomic E-state index is -0.190. The summed E-state index contributed by atoms with van der Waals surface area (Å²) >= 11 is 0. The van der Waals surface area contributed by atoms with Crippen molar-refractivity contribution in [1.82, 2.24) is 5.32 Å². The third-order valence-electron chi connectivity index (χ3n) is 2.91. The van der Waals surface area contributed by atoms with Gasteiger partial charge < -0.3 is 15.8 Å². The van der Waals surface area contributed by atoms with Crippen molar-refractivity contribution in [1.29, 1.82) is 0 Å². The highest BCUT2D eigenvalue weighted by atomic mass is 16.5. The van der Waals surface area contributed by atoms with Crippen LogP contribution in [-0.4, -0.2) is 31.8 Å². The number of nitrogens with two attached hydrogens (primary N) is 1. The van der Waals surface area contributed by atoms with Crippen LogP contribution in [0.3, 0.4) is 0 Å². The summed E-state index contributed by atoms with van der Waals surface area (Å²) in [6.45, 7) is 9.72. The predicted octanol–water partition coefficient (Wildman–Crippen LogP) is 0.350. The van der Waals surface area contributed by atoms with E-state index in [-0.39, 0.29) is 11.0 Å². The number of hydrogen-bond donors (Lipinski definition) is 2. The molecule has 1 atom stereocenters. The first kappa shape index (κ1) is 9.96. The van der Waals surface area contributed by atoms with E-state index >= 15 is 0 Å². The van der Waals surface area contributed by atoms with Gasteiger partial charge in [-0.2, -0.15) is 0 Å². The molecule has 72 valence electrons. The van der Waals surface area contributed by atoms with Gasteiger partial charge in [-0.25, -0.2) is 0 Å². The van der Waals surface area contributed by atoms with E-state index in [9.17, 15) is 0 Å². The first-order valence-corrected chi connectivity index (χ1v) is 4.53. The molecule has 0 aromatic rings. The maximum absolute atomic E-state index is 6.09. The second-order valence-electron chi connectivity index (χ2n) is 4.51. The van der Waals surface area contributed by atoms with Crippen molar-refractivity contribution in [3.8, 4) is 0 Å². The second-order valence-corrected chi connectivity index (χ2v) is 4.51. The van der Waals surface area contributed by atoms with Gasteiger partial charge in [0.15, 0.2) is 0 Å². The van der Waals surface area contributed by atoms with Crippen LogP contribution in [0.1, 0.15) is 20.8 Å². The van der Waals surface area contributed by atoms with Crippen molar-refractivity contribution in [2.24, 2.45) is 11.1 Å². The molecule has 3 N–H and O–H groups in total. The van der Waals surface area contributed by atoms with Crippen molar-refractivity contribution in [2.45, 2.75) is 26.3 Å². The third-order valence-corrected chi connectivity index (χ3v) is 2.91. The summed E-state index contributed by atoms with van der Waals surface area (Å²) in [5, 5.41) is 3.34. The Morgan fingerprint density at radius 1 is 1.50 bits per heavy atom. The Balaban J connectivity index is 2.67. The maximum atomic E-state index is 6.09. The highest BCUT2D eigenvalue weighted by Crippen LogP contribution is 2.29. The average molecular weight is 172 g/mol. The SMILES string of the molecule is CC(C)(N)C1(C)CNCCOC1. The van der Waals surface area contributed by atoms with Crippen LogP contribution >= 0.6 is 0 Å². The summed E-state index contributed by atoms with van der Waals surface area (Å²) < 4.78 is 5.49. The summed E-state index contributed by atoms with van der Waals surface area (Å²) in [6, 6.07) is 0. The van der Waals surface area contributed by atoms with Gasteiger partial charge in [0.05, 0.1) is 13.2 Å². The van der Waals surface area contributed by atoms with E-state index in [0.717, 1.165) is 26.3 Å². The first-order chi connectivity index (χ1) is 5.46. The maximum Gasteiger partial charge on any atom is 0.0591 e. The molecule has 1 fully saturated rings. The Hall–Kier alpha value is -0.120. The van der Waals surface area contributed by atoms with Crippen LogP contribution < -0.4 is 11.1 Å². The van der Waals surface area contributed by atoms with Crippen LogP contribution in [-0.2, 0) is 4.74 Å². The van der Waals surface area contributed by atoms with E-state index in [0.29, 0.717) is 0 Å². The Kier molecular flexibility index (Phi) is 2.76. The quantitative estimate of drug-likeness (QED) is 0.600. The molecule has 1 aliphatic heterocycles. The topological polar surface area (TPSA) is 47.3 Å². The molecule has 3 nitrogen and oxygen atoms in total. The normalized spacial score (nSPS) is 33.0. The largest absolute Gasteiger partial charge is 0.379 e. The summed E-state index contributed by atoms with van der Waals surface area (Å²) in [7, 11) is 0. The lowest BCUT2D eigenvalue weighted by Gasteiger charge is -2.40. The van der Waals surface area contributed by atoms with Gasteiger partial charge in [0.1, 0.15) is 0 Å². The Bertz CT molecular complexity index is 143. The van der Waals surface area contributed by atoms with E-state index in [2.05, 4.69) is 26.1 Å². The van der Waals surface area contributed by atoms with Crippen LogP contribution in [0, 0.1) is 5.41 Å². The van der Waals surface area contributed by atoms with Crippen LogP contribution in [0.25, 0.3) is 0 Å². The smallest absolute Gasteiger partial charge is 0.0591 e. The second kappa shape index (κ2) is 3.32. The Labute approximate surface area is 74.7 Å².